The van der Waals surface area contributed by atoms with E-state index in [0.29, 0.717) is 6.42 Å². The molecule has 1 aliphatic carbocycles. The third kappa shape index (κ3) is 4.41. The minimum atomic E-state index is -4.99. The van der Waals surface area contributed by atoms with E-state index in [9.17, 15) is 36.6 Å². The highest BCUT2D eigenvalue weighted by molar-refractivity contribution is 5.86. The van der Waals surface area contributed by atoms with Gasteiger partial charge in [0.2, 0.25) is 5.91 Å². The van der Waals surface area contributed by atoms with Crippen LogP contribution in [0.4, 0.5) is 22.0 Å². The lowest BCUT2D eigenvalue weighted by Crippen LogP contribution is -2.45. The Bertz CT molecular complexity index is 673. The number of hydrogen-bond donors (Lipinski definition) is 2. The van der Waals surface area contributed by atoms with E-state index in [4.69, 9.17) is 0 Å². The number of carbonyl (C=O) groups excluding carboxylic acids is 1. The van der Waals surface area contributed by atoms with Crippen molar-refractivity contribution < 1.29 is 41.4 Å². The second-order valence-electron chi connectivity index (χ2n) is 6.07. The Morgan fingerprint density at radius 2 is 1.85 bits per heavy atom. The Hall–Kier alpha value is -2.39. The maximum atomic E-state index is 13.4. The van der Waals surface area contributed by atoms with Crippen molar-refractivity contribution in [3.8, 4) is 5.75 Å². The molecule has 1 aliphatic rings. The number of hydrogen-bond acceptors (Lipinski definition) is 3. The summed E-state index contributed by atoms with van der Waals surface area (Å²) in [6.45, 7) is -3.34. The molecular weight excluding hydrogens is 365 g/mol. The molecule has 26 heavy (non-hydrogen) atoms. The first-order valence-corrected chi connectivity index (χ1v) is 7.68. The molecule has 1 fully saturated rings. The van der Waals surface area contributed by atoms with Crippen molar-refractivity contribution in [1.29, 1.82) is 0 Å². The van der Waals surface area contributed by atoms with E-state index in [0.717, 1.165) is 12.1 Å². The van der Waals surface area contributed by atoms with Gasteiger partial charge >= 0.3 is 18.8 Å². The number of carboxylic acids is 1. The second kappa shape index (κ2) is 7.46. The summed E-state index contributed by atoms with van der Waals surface area (Å²) in [4.78, 5) is 23.3. The molecule has 1 amide bonds. The van der Waals surface area contributed by atoms with Crippen LogP contribution >= 0.6 is 0 Å². The van der Waals surface area contributed by atoms with E-state index < -0.39 is 53.9 Å². The number of ether oxygens (including phenoxy) is 1. The predicted molar refractivity (Wildman–Crippen MR) is 78.5 cm³/mol. The normalized spacial score (nSPS) is 17.3. The first-order chi connectivity index (χ1) is 12.0. The van der Waals surface area contributed by atoms with E-state index in [1.807, 2.05) is 0 Å². The highest BCUT2D eigenvalue weighted by Crippen LogP contribution is 2.45. The molecule has 0 aliphatic heterocycles. The first-order valence-electron chi connectivity index (χ1n) is 7.68. The largest absolute Gasteiger partial charge is 0.481 e. The zero-order chi connectivity index (χ0) is 19.5. The van der Waals surface area contributed by atoms with Crippen LogP contribution in [0, 0.1) is 5.41 Å². The van der Waals surface area contributed by atoms with Gasteiger partial charge < -0.3 is 15.2 Å². The van der Waals surface area contributed by atoms with Gasteiger partial charge in [-0.3, -0.25) is 9.59 Å². The average Bonchev–Trinajstić information content (AvgIpc) is 2.47. The van der Waals surface area contributed by atoms with Crippen molar-refractivity contribution in [3.05, 3.63) is 29.8 Å². The lowest BCUT2D eigenvalue weighted by molar-refractivity contribution is -0.167. The topological polar surface area (TPSA) is 75.6 Å². The summed E-state index contributed by atoms with van der Waals surface area (Å²) in [6, 6.07) is 1.63. The first kappa shape index (κ1) is 19.9. The number of halogens is 5. The van der Waals surface area contributed by atoms with Crippen molar-refractivity contribution in [3.63, 3.8) is 0 Å². The summed E-state index contributed by atoms with van der Waals surface area (Å²) in [7, 11) is 0. The van der Waals surface area contributed by atoms with Crippen LogP contribution in [-0.2, 0) is 9.59 Å². The van der Waals surface area contributed by atoms with E-state index in [-0.39, 0.29) is 12.8 Å². The molecule has 1 atom stereocenters. The summed E-state index contributed by atoms with van der Waals surface area (Å²) in [6.07, 6.45) is -4.66. The van der Waals surface area contributed by atoms with E-state index in [1.54, 1.807) is 5.32 Å². The zero-order valence-electron chi connectivity index (χ0n) is 13.4. The Kier molecular flexibility index (Phi) is 5.72. The molecule has 10 heteroatoms. The number of alkyl halides is 5. The summed E-state index contributed by atoms with van der Waals surface area (Å²) in [5, 5.41) is 10.9. The number of carboxylic acid groups (broad SMARTS) is 1. The van der Waals surface area contributed by atoms with Gasteiger partial charge in [-0.05, 0) is 18.9 Å². The van der Waals surface area contributed by atoms with Gasteiger partial charge in [-0.2, -0.15) is 22.0 Å². The zero-order valence-corrected chi connectivity index (χ0v) is 13.4. The van der Waals surface area contributed by atoms with Gasteiger partial charge in [0.15, 0.2) is 6.04 Å². The van der Waals surface area contributed by atoms with Crippen LogP contribution in [0.5, 0.6) is 5.75 Å². The van der Waals surface area contributed by atoms with E-state index >= 15 is 0 Å². The summed E-state index contributed by atoms with van der Waals surface area (Å²) in [5.74, 6) is -3.09. The van der Waals surface area contributed by atoms with Crippen molar-refractivity contribution >= 4 is 11.9 Å². The molecule has 1 unspecified atom stereocenters. The highest BCUT2D eigenvalue weighted by Gasteiger charge is 2.48. The van der Waals surface area contributed by atoms with Gasteiger partial charge in [0, 0.05) is 12.0 Å². The smallest absolute Gasteiger partial charge is 0.413 e. The lowest BCUT2D eigenvalue weighted by Gasteiger charge is -2.37. The quantitative estimate of drug-likeness (QED) is 0.707. The number of carbonyl (C=O) groups is 2. The molecule has 0 bridgehead atoms. The predicted octanol–water partition coefficient (Wildman–Crippen LogP) is 3.65. The lowest BCUT2D eigenvalue weighted by atomic mass is 9.66. The molecule has 1 saturated carbocycles. The number of rotatable bonds is 7. The van der Waals surface area contributed by atoms with Crippen LogP contribution in [-0.4, -0.2) is 29.8 Å². The maximum Gasteiger partial charge on any atom is 0.413 e. The van der Waals surface area contributed by atoms with Crippen molar-refractivity contribution in [1.82, 2.24) is 5.32 Å². The minimum Gasteiger partial charge on any atom is -0.481 e. The molecule has 0 heterocycles. The SMILES string of the molecule is O=C(CC1(C(=O)O)CCC1)NC(c1ccccc1OC(F)F)C(F)(F)F. The number of aliphatic carboxylic acids is 1. The highest BCUT2D eigenvalue weighted by atomic mass is 19.4. The summed E-state index contributed by atoms with van der Waals surface area (Å²) in [5.41, 5.74) is -2.06. The third-order valence-electron chi connectivity index (χ3n) is 4.34. The third-order valence-corrected chi connectivity index (χ3v) is 4.34. The fourth-order valence-electron chi connectivity index (χ4n) is 2.85. The van der Waals surface area contributed by atoms with Crippen LogP contribution < -0.4 is 10.1 Å². The number of para-hydroxylation sites is 1. The summed E-state index contributed by atoms with van der Waals surface area (Å²) < 4.78 is 69.1. The fourth-order valence-corrected chi connectivity index (χ4v) is 2.85. The fraction of sp³-hybridized carbons (Fsp3) is 0.500. The van der Waals surface area contributed by atoms with Crippen LogP contribution in [0.25, 0.3) is 0 Å². The van der Waals surface area contributed by atoms with E-state index in [1.165, 1.54) is 12.1 Å². The summed E-state index contributed by atoms with van der Waals surface area (Å²) >= 11 is 0. The van der Waals surface area contributed by atoms with Crippen LogP contribution in [0.3, 0.4) is 0 Å². The molecule has 1 aromatic carbocycles. The van der Waals surface area contributed by atoms with Gasteiger partial charge in [0.25, 0.3) is 0 Å². The maximum absolute atomic E-state index is 13.4. The number of amides is 1. The van der Waals surface area contributed by atoms with Crippen LogP contribution in [0.2, 0.25) is 0 Å². The Morgan fingerprint density at radius 1 is 1.23 bits per heavy atom. The minimum absolute atomic E-state index is 0.192. The van der Waals surface area contributed by atoms with Crippen molar-refractivity contribution in [2.75, 3.05) is 0 Å². The standard InChI is InChI=1S/C16H16F5NO4/c17-14(18)26-10-5-2-1-4-9(10)12(16(19,20)21)22-11(23)8-15(13(24)25)6-3-7-15/h1-2,4-5,12,14H,3,6-8H2,(H,22,23)(H,24,25). The van der Waals surface area contributed by atoms with Gasteiger partial charge in [0.1, 0.15) is 5.75 Å². The van der Waals surface area contributed by atoms with E-state index in [2.05, 4.69) is 4.74 Å². The monoisotopic (exact) mass is 381 g/mol. The van der Waals surface area contributed by atoms with Crippen molar-refractivity contribution in [2.45, 2.75) is 44.5 Å². The molecular formula is C16H16F5NO4. The van der Waals surface area contributed by atoms with Crippen LogP contribution in [0.15, 0.2) is 24.3 Å². The molecule has 2 N–H and O–H groups in total. The molecule has 5 nitrogen and oxygen atoms in total. The van der Waals surface area contributed by atoms with Gasteiger partial charge in [-0.25, -0.2) is 0 Å². The average molecular weight is 381 g/mol. The molecule has 0 saturated heterocycles. The molecule has 0 radical (unpaired) electrons. The number of benzene rings is 1. The van der Waals surface area contributed by atoms with Gasteiger partial charge in [-0.1, -0.05) is 24.6 Å². The number of nitrogens with one attached hydrogen (secondary N) is 1. The molecule has 2 rings (SSSR count). The Balaban J connectivity index is 2.24. The van der Waals surface area contributed by atoms with Crippen molar-refractivity contribution in [2.24, 2.45) is 5.41 Å². The molecule has 1 aromatic rings. The Morgan fingerprint density at radius 3 is 2.31 bits per heavy atom. The molecule has 0 aromatic heterocycles. The molecule has 0 spiro atoms. The van der Waals surface area contributed by atoms with Crippen LogP contribution in [0.1, 0.15) is 37.3 Å². The second-order valence-corrected chi connectivity index (χ2v) is 6.07. The van der Waals surface area contributed by atoms with Gasteiger partial charge in [-0.15, -0.1) is 0 Å². The van der Waals surface area contributed by atoms with Gasteiger partial charge in [0.05, 0.1) is 5.41 Å². The molecule has 144 valence electrons. The Labute approximate surface area is 145 Å².